The SMILES string of the molecule is Cc1ccc(C(C)Cc2nc(N[C@@H](CO)CC(C)C)nc(NS(C)(=O)=O)n2)cc1C. The third kappa shape index (κ3) is 7.53. The van der Waals surface area contributed by atoms with E-state index in [1.54, 1.807) is 0 Å². The number of aryl methyl sites for hydroxylation is 2. The second-order valence-electron chi connectivity index (χ2n) is 8.38. The highest BCUT2D eigenvalue weighted by atomic mass is 32.2. The van der Waals surface area contributed by atoms with Crippen molar-refractivity contribution in [2.24, 2.45) is 5.92 Å². The predicted molar refractivity (Wildman–Crippen MR) is 120 cm³/mol. The Hall–Kier alpha value is -2.26. The number of aromatic nitrogens is 3. The number of hydrogen-bond donors (Lipinski definition) is 3. The summed E-state index contributed by atoms with van der Waals surface area (Å²) in [4.78, 5) is 13.0. The Labute approximate surface area is 179 Å². The van der Waals surface area contributed by atoms with Crippen LogP contribution in [0.5, 0.6) is 0 Å². The van der Waals surface area contributed by atoms with Crippen LogP contribution in [0, 0.1) is 19.8 Å². The van der Waals surface area contributed by atoms with Gasteiger partial charge in [0.2, 0.25) is 21.9 Å². The van der Waals surface area contributed by atoms with Gasteiger partial charge in [0.25, 0.3) is 0 Å². The molecule has 0 radical (unpaired) electrons. The Kier molecular flexibility index (Phi) is 8.14. The highest BCUT2D eigenvalue weighted by Gasteiger charge is 2.17. The average molecular weight is 436 g/mol. The van der Waals surface area contributed by atoms with Gasteiger partial charge in [-0.05, 0) is 48.8 Å². The summed E-state index contributed by atoms with van der Waals surface area (Å²) in [5.74, 6) is 1.20. The van der Waals surface area contributed by atoms with E-state index in [0.29, 0.717) is 18.2 Å². The third-order valence-corrected chi connectivity index (χ3v) is 5.41. The zero-order valence-electron chi connectivity index (χ0n) is 18.6. The van der Waals surface area contributed by atoms with Crippen molar-refractivity contribution in [3.63, 3.8) is 0 Å². The van der Waals surface area contributed by atoms with Crippen LogP contribution in [-0.2, 0) is 16.4 Å². The molecule has 0 amide bonds. The monoisotopic (exact) mass is 435 g/mol. The smallest absolute Gasteiger partial charge is 0.241 e. The summed E-state index contributed by atoms with van der Waals surface area (Å²) in [7, 11) is -3.53. The molecule has 0 spiro atoms. The van der Waals surface area contributed by atoms with Crippen molar-refractivity contribution >= 4 is 21.9 Å². The van der Waals surface area contributed by atoms with Crippen LogP contribution in [0.25, 0.3) is 0 Å². The summed E-state index contributed by atoms with van der Waals surface area (Å²) < 4.78 is 25.7. The summed E-state index contributed by atoms with van der Waals surface area (Å²) in [6.45, 7) is 10.3. The first-order valence-electron chi connectivity index (χ1n) is 10.1. The normalized spacial score (nSPS) is 13.9. The quantitative estimate of drug-likeness (QED) is 0.525. The van der Waals surface area contributed by atoms with Crippen LogP contribution in [0.1, 0.15) is 55.6 Å². The summed E-state index contributed by atoms with van der Waals surface area (Å²) >= 11 is 0. The van der Waals surface area contributed by atoms with Crippen molar-refractivity contribution < 1.29 is 13.5 Å². The van der Waals surface area contributed by atoms with Crippen molar-refractivity contribution in [2.75, 3.05) is 22.9 Å². The molecule has 1 aromatic carbocycles. The maximum Gasteiger partial charge on any atom is 0.241 e. The summed E-state index contributed by atoms with van der Waals surface area (Å²) in [6.07, 6.45) is 2.30. The molecule has 3 N–H and O–H groups in total. The van der Waals surface area contributed by atoms with Crippen LogP contribution in [0.4, 0.5) is 11.9 Å². The Morgan fingerprint density at radius 3 is 2.27 bits per heavy atom. The minimum atomic E-state index is -3.53. The minimum absolute atomic E-state index is 0.0291. The van der Waals surface area contributed by atoms with Gasteiger partial charge in [-0.3, -0.25) is 4.72 Å². The molecule has 1 heterocycles. The molecule has 0 aliphatic rings. The van der Waals surface area contributed by atoms with Crippen LogP contribution in [0.15, 0.2) is 18.2 Å². The lowest BCUT2D eigenvalue weighted by atomic mass is 9.94. The number of anilines is 2. The lowest BCUT2D eigenvalue weighted by Gasteiger charge is -2.19. The molecule has 30 heavy (non-hydrogen) atoms. The summed E-state index contributed by atoms with van der Waals surface area (Å²) in [5.41, 5.74) is 3.62. The number of nitrogens with one attached hydrogen (secondary N) is 2. The maximum atomic E-state index is 11.7. The van der Waals surface area contributed by atoms with Gasteiger partial charge in [0.15, 0.2) is 0 Å². The van der Waals surface area contributed by atoms with E-state index in [9.17, 15) is 13.5 Å². The Bertz CT molecular complexity index is 963. The predicted octanol–water partition coefficient (Wildman–Crippen LogP) is 3.03. The molecule has 1 unspecified atom stereocenters. The molecular weight excluding hydrogens is 402 g/mol. The second-order valence-corrected chi connectivity index (χ2v) is 10.1. The van der Waals surface area contributed by atoms with E-state index >= 15 is 0 Å². The fourth-order valence-electron chi connectivity index (χ4n) is 3.18. The summed E-state index contributed by atoms with van der Waals surface area (Å²) in [6, 6.07) is 6.10. The molecule has 0 saturated heterocycles. The van der Waals surface area contributed by atoms with Gasteiger partial charge in [-0.15, -0.1) is 0 Å². The van der Waals surface area contributed by atoms with E-state index in [1.807, 2.05) is 0 Å². The Morgan fingerprint density at radius 2 is 1.70 bits per heavy atom. The highest BCUT2D eigenvalue weighted by molar-refractivity contribution is 7.91. The van der Waals surface area contributed by atoms with Crippen molar-refractivity contribution in [3.05, 3.63) is 40.7 Å². The number of rotatable bonds is 10. The number of aliphatic hydroxyl groups is 1. The molecule has 0 aliphatic heterocycles. The number of aliphatic hydroxyl groups excluding tert-OH is 1. The first-order chi connectivity index (χ1) is 14.0. The Morgan fingerprint density at radius 1 is 1.03 bits per heavy atom. The van der Waals surface area contributed by atoms with Crippen LogP contribution in [0.3, 0.4) is 0 Å². The van der Waals surface area contributed by atoms with Gasteiger partial charge in [0, 0.05) is 6.42 Å². The zero-order valence-corrected chi connectivity index (χ0v) is 19.4. The molecule has 8 nitrogen and oxygen atoms in total. The molecule has 0 fully saturated rings. The highest BCUT2D eigenvalue weighted by Crippen LogP contribution is 2.23. The molecule has 2 rings (SSSR count). The number of nitrogens with zero attached hydrogens (tertiary/aromatic N) is 3. The zero-order chi connectivity index (χ0) is 22.5. The molecule has 2 aromatic rings. The van der Waals surface area contributed by atoms with Gasteiger partial charge < -0.3 is 10.4 Å². The topological polar surface area (TPSA) is 117 Å². The third-order valence-electron chi connectivity index (χ3n) is 4.86. The molecular formula is C21H33N5O3S. The molecule has 166 valence electrons. The second kappa shape index (κ2) is 10.2. The number of sulfonamides is 1. The molecule has 0 saturated carbocycles. The first-order valence-corrected chi connectivity index (χ1v) is 12.0. The van der Waals surface area contributed by atoms with E-state index in [0.717, 1.165) is 12.7 Å². The largest absolute Gasteiger partial charge is 0.394 e. The van der Waals surface area contributed by atoms with Crippen LogP contribution >= 0.6 is 0 Å². The van der Waals surface area contributed by atoms with Gasteiger partial charge in [0.05, 0.1) is 18.9 Å². The average Bonchev–Trinajstić information content (AvgIpc) is 2.61. The van der Waals surface area contributed by atoms with Crippen LogP contribution in [0.2, 0.25) is 0 Å². The number of hydrogen-bond acceptors (Lipinski definition) is 7. The minimum Gasteiger partial charge on any atom is -0.394 e. The van der Waals surface area contributed by atoms with E-state index in [2.05, 4.69) is 77.8 Å². The molecule has 1 aromatic heterocycles. The van der Waals surface area contributed by atoms with E-state index in [-0.39, 0.29) is 30.5 Å². The fraction of sp³-hybridized carbons (Fsp3) is 0.571. The van der Waals surface area contributed by atoms with Gasteiger partial charge in [0.1, 0.15) is 5.82 Å². The lowest BCUT2D eigenvalue weighted by Crippen LogP contribution is -2.27. The number of benzene rings is 1. The van der Waals surface area contributed by atoms with Gasteiger partial charge >= 0.3 is 0 Å². The van der Waals surface area contributed by atoms with Crippen LogP contribution in [-0.4, -0.2) is 47.4 Å². The molecule has 0 bridgehead atoms. The van der Waals surface area contributed by atoms with Gasteiger partial charge in [-0.2, -0.15) is 15.0 Å². The molecule has 2 atom stereocenters. The lowest BCUT2D eigenvalue weighted by molar-refractivity contribution is 0.259. The first kappa shape index (κ1) is 24.0. The van der Waals surface area contributed by atoms with Gasteiger partial charge in [-0.25, -0.2) is 8.42 Å². The van der Waals surface area contributed by atoms with E-state index in [4.69, 9.17) is 0 Å². The van der Waals surface area contributed by atoms with Gasteiger partial charge in [-0.1, -0.05) is 39.0 Å². The Balaban J connectivity index is 2.31. The summed E-state index contributed by atoms with van der Waals surface area (Å²) in [5, 5.41) is 12.8. The maximum absolute atomic E-state index is 11.7. The van der Waals surface area contributed by atoms with Crippen molar-refractivity contribution in [3.8, 4) is 0 Å². The van der Waals surface area contributed by atoms with E-state index < -0.39 is 10.0 Å². The van der Waals surface area contributed by atoms with Crippen molar-refractivity contribution in [1.29, 1.82) is 0 Å². The van der Waals surface area contributed by atoms with Crippen molar-refractivity contribution in [1.82, 2.24) is 15.0 Å². The fourth-order valence-corrected chi connectivity index (χ4v) is 3.60. The molecule has 0 aliphatic carbocycles. The van der Waals surface area contributed by atoms with Crippen molar-refractivity contribution in [2.45, 2.75) is 59.4 Å². The van der Waals surface area contributed by atoms with E-state index in [1.165, 1.54) is 16.7 Å². The van der Waals surface area contributed by atoms with Crippen LogP contribution < -0.4 is 10.0 Å². The standard InChI is InChI=1S/C21H33N5O3S/c1-13(2)9-18(12-27)22-20-23-19(24-21(25-20)26-30(6,28)29)11-16(5)17-8-7-14(3)15(4)10-17/h7-8,10,13,16,18,27H,9,11-12H2,1-6H3,(H2,22,23,24,25,26)/t16?,18-/m1/s1. The molecule has 9 heteroatoms.